The second-order valence-electron chi connectivity index (χ2n) is 6.25. The Morgan fingerprint density at radius 1 is 1.24 bits per heavy atom. The van der Waals surface area contributed by atoms with Crippen molar-refractivity contribution < 1.29 is 14.4 Å². The van der Waals surface area contributed by atoms with Crippen molar-refractivity contribution in [1.82, 2.24) is 5.32 Å². The zero-order valence-corrected chi connectivity index (χ0v) is 17.2. The molecule has 0 radical (unpaired) electrons. The van der Waals surface area contributed by atoms with Gasteiger partial charge < -0.3 is 14.9 Å². The minimum absolute atomic E-state index is 0.177. The number of hydrogen-bond acceptors (Lipinski definition) is 5. The van der Waals surface area contributed by atoms with E-state index in [1.54, 1.807) is 7.05 Å². The van der Waals surface area contributed by atoms with Gasteiger partial charge in [-0.25, -0.2) is 0 Å². The lowest BCUT2D eigenvalue weighted by Crippen LogP contribution is -2.29. The predicted molar refractivity (Wildman–Crippen MR) is 115 cm³/mol. The Morgan fingerprint density at radius 3 is 2.69 bits per heavy atom. The van der Waals surface area contributed by atoms with E-state index in [1.807, 2.05) is 56.3 Å². The van der Waals surface area contributed by atoms with Crippen molar-refractivity contribution in [2.24, 2.45) is 10.1 Å². The van der Waals surface area contributed by atoms with E-state index >= 15 is 0 Å². The fraction of sp³-hybridized carbons (Fsp3) is 0.261. The first-order valence-electron chi connectivity index (χ1n) is 9.09. The van der Waals surface area contributed by atoms with E-state index in [1.165, 1.54) is 7.11 Å². The van der Waals surface area contributed by atoms with Crippen molar-refractivity contribution in [2.75, 3.05) is 20.9 Å². The van der Waals surface area contributed by atoms with Crippen molar-refractivity contribution in [1.29, 1.82) is 0 Å². The molecule has 0 aromatic heterocycles. The molecule has 0 aliphatic carbocycles. The molecule has 2 aromatic rings. The molecule has 6 heteroatoms. The summed E-state index contributed by atoms with van der Waals surface area (Å²) in [5.41, 5.74) is 5.29. The third kappa shape index (κ3) is 5.77. The molecule has 1 amide bonds. The highest BCUT2D eigenvalue weighted by atomic mass is 16.6. The Bertz CT molecular complexity index is 972. The lowest BCUT2D eigenvalue weighted by molar-refractivity contribution is -0.114. The lowest BCUT2D eigenvalue weighted by atomic mass is 9.98. The molecular weight excluding hydrogens is 366 g/mol. The molecule has 0 saturated heterocycles. The molecule has 0 bridgehead atoms. The predicted octanol–water partition coefficient (Wildman–Crippen LogP) is 3.06. The maximum absolute atomic E-state index is 12.2. The molecule has 0 unspecified atom stereocenters. The lowest BCUT2D eigenvalue weighted by Gasteiger charge is -2.13. The molecule has 0 fully saturated rings. The second kappa shape index (κ2) is 10.8. The number of oxime groups is 1. The van der Waals surface area contributed by atoms with Crippen molar-refractivity contribution in [2.45, 2.75) is 20.5 Å². The highest BCUT2D eigenvalue weighted by molar-refractivity contribution is 6.45. The molecule has 6 nitrogen and oxygen atoms in total. The van der Waals surface area contributed by atoms with Crippen molar-refractivity contribution in [3.8, 4) is 12.3 Å². The molecular formula is C23H25N3O3. The number of benzene rings is 2. The van der Waals surface area contributed by atoms with Crippen molar-refractivity contribution in [3.63, 3.8) is 0 Å². The minimum atomic E-state index is -0.332. The number of aryl methyl sites for hydroxylation is 1. The standard InChI is InChI=1S/C23H25N3O3/c1-6-18-10-8-11-19(13-18)17(3)25-15-29-14-21-16(2)9-7-12-20(21)22(26-28-5)23(27)24-4/h1,7-13H,14-15H2,2-5H3,(H,24,27)/b25-17+,26-22+. The van der Waals surface area contributed by atoms with Crippen LogP contribution < -0.4 is 5.32 Å². The van der Waals surface area contributed by atoms with Gasteiger partial charge in [-0.1, -0.05) is 41.4 Å². The van der Waals surface area contributed by atoms with Gasteiger partial charge in [0.05, 0.1) is 6.61 Å². The Kier molecular flexibility index (Phi) is 8.13. The molecule has 1 N–H and O–H groups in total. The van der Waals surface area contributed by atoms with Gasteiger partial charge in [0.2, 0.25) is 0 Å². The first kappa shape index (κ1) is 21.9. The van der Waals surface area contributed by atoms with E-state index in [9.17, 15) is 4.79 Å². The van der Waals surface area contributed by atoms with Gasteiger partial charge in [0.1, 0.15) is 13.8 Å². The van der Waals surface area contributed by atoms with Crippen LogP contribution in [0.15, 0.2) is 52.6 Å². The van der Waals surface area contributed by atoms with Crippen LogP contribution in [0.3, 0.4) is 0 Å². The fourth-order valence-electron chi connectivity index (χ4n) is 2.75. The summed E-state index contributed by atoms with van der Waals surface area (Å²) < 4.78 is 5.78. The van der Waals surface area contributed by atoms with Crippen molar-refractivity contribution in [3.05, 3.63) is 70.3 Å². The van der Waals surface area contributed by atoms with Crippen LogP contribution in [-0.4, -0.2) is 38.2 Å². The van der Waals surface area contributed by atoms with Crippen LogP contribution >= 0.6 is 0 Å². The summed E-state index contributed by atoms with van der Waals surface area (Å²) in [4.78, 5) is 21.5. The van der Waals surface area contributed by atoms with Gasteiger partial charge in [-0.3, -0.25) is 9.79 Å². The van der Waals surface area contributed by atoms with Crippen LogP contribution in [-0.2, 0) is 21.0 Å². The molecule has 0 atom stereocenters. The molecule has 0 spiro atoms. The number of likely N-dealkylation sites (N-methyl/N-ethyl adjacent to an activating group) is 1. The molecule has 29 heavy (non-hydrogen) atoms. The highest BCUT2D eigenvalue weighted by Crippen LogP contribution is 2.17. The Morgan fingerprint density at radius 2 is 2.00 bits per heavy atom. The van der Waals surface area contributed by atoms with Crippen LogP contribution in [0.5, 0.6) is 0 Å². The first-order valence-corrected chi connectivity index (χ1v) is 9.09. The van der Waals surface area contributed by atoms with Gasteiger partial charge in [-0.2, -0.15) is 0 Å². The number of carbonyl (C=O) groups excluding carboxylic acids is 1. The largest absolute Gasteiger partial charge is 0.398 e. The summed E-state index contributed by atoms with van der Waals surface area (Å²) in [6, 6.07) is 13.3. The van der Waals surface area contributed by atoms with E-state index in [4.69, 9.17) is 16.0 Å². The SMILES string of the molecule is C#Cc1cccc(/C(C)=N/COCc2c(C)cccc2/C(=N\OC)C(=O)NC)c1. The summed E-state index contributed by atoms with van der Waals surface area (Å²) in [5.74, 6) is 2.29. The fourth-order valence-corrected chi connectivity index (χ4v) is 2.75. The van der Waals surface area contributed by atoms with E-state index < -0.39 is 0 Å². The van der Waals surface area contributed by atoms with E-state index in [0.717, 1.165) is 28.0 Å². The number of rotatable bonds is 8. The van der Waals surface area contributed by atoms with Crippen LogP contribution in [0.25, 0.3) is 0 Å². The zero-order chi connectivity index (χ0) is 21.2. The number of hydrogen-bond donors (Lipinski definition) is 1. The van der Waals surface area contributed by atoms with Crippen molar-refractivity contribution >= 4 is 17.3 Å². The number of amides is 1. The van der Waals surface area contributed by atoms with E-state index in [-0.39, 0.29) is 25.0 Å². The molecule has 0 aliphatic rings. The maximum Gasteiger partial charge on any atom is 0.273 e. The molecule has 0 aliphatic heterocycles. The summed E-state index contributed by atoms with van der Waals surface area (Å²) in [6.45, 7) is 4.32. The summed E-state index contributed by atoms with van der Waals surface area (Å²) in [6.07, 6.45) is 5.45. The Labute approximate surface area is 171 Å². The summed E-state index contributed by atoms with van der Waals surface area (Å²) in [7, 11) is 2.95. The molecule has 2 rings (SSSR count). The Balaban J connectivity index is 2.16. The van der Waals surface area contributed by atoms with Crippen LogP contribution in [0, 0.1) is 19.3 Å². The third-order valence-electron chi connectivity index (χ3n) is 4.38. The topological polar surface area (TPSA) is 72.3 Å². The third-order valence-corrected chi connectivity index (χ3v) is 4.38. The number of terminal acetylenes is 1. The van der Waals surface area contributed by atoms with Gasteiger partial charge in [0, 0.05) is 23.9 Å². The molecule has 2 aromatic carbocycles. The zero-order valence-electron chi connectivity index (χ0n) is 17.2. The number of ether oxygens (including phenoxy) is 1. The summed E-state index contributed by atoms with van der Waals surface area (Å²) >= 11 is 0. The monoisotopic (exact) mass is 391 g/mol. The van der Waals surface area contributed by atoms with Gasteiger partial charge in [0.25, 0.3) is 5.91 Å². The number of nitrogens with zero attached hydrogens (tertiary/aromatic N) is 2. The average Bonchev–Trinajstić information content (AvgIpc) is 2.75. The molecule has 0 saturated carbocycles. The van der Waals surface area contributed by atoms with E-state index in [2.05, 4.69) is 21.4 Å². The maximum atomic E-state index is 12.2. The molecule has 150 valence electrons. The van der Waals surface area contributed by atoms with Gasteiger partial charge >= 0.3 is 0 Å². The number of carbonyl (C=O) groups is 1. The number of aliphatic imine (C=N–C) groups is 1. The van der Waals surface area contributed by atoms with Crippen LogP contribution in [0.4, 0.5) is 0 Å². The summed E-state index contributed by atoms with van der Waals surface area (Å²) in [5, 5.41) is 6.46. The average molecular weight is 391 g/mol. The quantitative estimate of drug-likeness (QED) is 0.325. The van der Waals surface area contributed by atoms with E-state index in [0.29, 0.717) is 5.56 Å². The normalized spacial score (nSPS) is 11.7. The molecule has 0 heterocycles. The highest BCUT2D eigenvalue weighted by Gasteiger charge is 2.18. The Hall–Kier alpha value is -3.43. The van der Waals surface area contributed by atoms with Crippen LogP contribution in [0.2, 0.25) is 0 Å². The van der Waals surface area contributed by atoms with Gasteiger partial charge in [-0.05, 0) is 42.7 Å². The smallest absolute Gasteiger partial charge is 0.273 e. The van der Waals surface area contributed by atoms with Crippen LogP contribution in [0.1, 0.15) is 34.7 Å². The second-order valence-corrected chi connectivity index (χ2v) is 6.25. The first-order chi connectivity index (χ1) is 14.0. The number of nitrogens with one attached hydrogen (secondary N) is 1. The minimum Gasteiger partial charge on any atom is -0.398 e. The van der Waals surface area contributed by atoms with Gasteiger partial charge in [-0.15, -0.1) is 6.42 Å². The van der Waals surface area contributed by atoms with Gasteiger partial charge in [0.15, 0.2) is 5.71 Å².